The summed E-state index contributed by atoms with van der Waals surface area (Å²) in [4.78, 5) is 16.9. The van der Waals surface area contributed by atoms with Crippen LogP contribution < -0.4 is 10.1 Å². The van der Waals surface area contributed by atoms with E-state index in [1.165, 1.54) is 5.56 Å². The quantitative estimate of drug-likeness (QED) is 0.804. The Morgan fingerprint density at radius 3 is 2.38 bits per heavy atom. The van der Waals surface area contributed by atoms with Gasteiger partial charge in [0.2, 0.25) is 5.91 Å². The van der Waals surface area contributed by atoms with E-state index in [9.17, 15) is 10.1 Å². The average molecular weight is 356 g/mol. The summed E-state index contributed by atoms with van der Waals surface area (Å²) in [6.07, 6.45) is 2.07. The van der Waals surface area contributed by atoms with Crippen molar-refractivity contribution in [2.24, 2.45) is 5.92 Å². The molecule has 1 aliphatic carbocycles. The molecule has 1 aliphatic heterocycles. The molecule has 0 aromatic heterocycles. The molecule has 1 atom stereocenters. The highest BCUT2D eigenvalue weighted by atomic mass is 16.5. The maximum Gasteiger partial charge on any atom is 0.235 e. The second-order valence-electron chi connectivity index (χ2n) is 7.54. The number of nitriles is 1. The number of hydrogen-bond acceptors (Lipinski definition) is 5. The van der Waals surface area contributed by atoms with Gasteiger partial charge in [0, 0.05) is 32.7 Å². The van der Waals surface area contributed by atoms with Gasteiger partial charge < -0.3 is 10.1 Å². The van der Waals surface area contributed by atoms with Crippen LogP contribution in [0.25, 0.3) is 0 Å². The van der Waals surface area contributed by atoms with Crippen LogP contribution in [0.4, 0.5) is 0 Å². The van der Waals surface area contributed by atoms with Crippen LogP contribution in [0.1, 0.15) is 25.3 Å². The van der Waals surface area contributed by atoms with Crippen LogP contribution in [0.5, 0.6) is 5.75 Å². The molecule has 1 aromatic rings. The third-order valence-corrected chi connectivity index (χ3v) is 5.42. The topological polar surface area (TPSA) is 68.6 Å². The van der Waals surface area contributed by atoms with E-state index in [-0.39, 0.29) is 5.91 Å². The van der Waals surface area contributed by atoms with E-state index in [2.05, 4.69) is 33.3 Å². The van der Waals surface area contributed by atoms with Crippen LogP contribution in [0.2, 0.25) is 0 Å². The molecule has 140 valence electrons. The van der Waals surface area contributed by atoms with Crippen LogP contribution in [0.3, 0.4) is 0 Å². The van der Waals surface area contributed by atoms with E-state index >= 15 is 0 Å². The van der Waals surface area contributed by atoms with Gasteiger partial charge in [-0.3, -0.25) is 14.6 Å². The predicted molar refractivity (Wildman–Crippen MR) is 99.6 cm³/mol. The number of nitrogens with zero attached hydrogens (tertiary/aromatic N) is 3. The maximum absolute atomic E-state index is 12.3. The van der Waals surface area contributed by atoms with Crippen LogP contribution >= 0.6 is 0 Å². The monoisotopic (exact) mass is 356 g/mol. The van der Waals surface area contributed by atoms with Crippen LogP contribution in [0, 0.1) is 17.2 Å². The Kier molecular flexibility index (Phi) is 5.80. The van der Waals surface area contributed by atoms with Gasteiger partial charge in [-0.25, -0.2) is 0 Å². The standard InChI is InChI=1S/C20H28N4O2/c1-20(15-21,17-5-6-17)22-19(25)14-24-11-9-23(10-12-24)13-16-3-7-18(26-2)8-4-16/h3-4,7-8,17H,5-6,9-14H2,1-2H3,(H,22,25)/t20-/m0/s1. The second kappa shape index (κ2) is 8.07. The van der Waals surface area contributed by atoms with Crippen molar-refractivity contribution < 1.29 is 9.53 Å². The van der Waals surface area contributed by atoms with Crippen LogP contribution in [-0.2, 0) is 11.3 Å². The molecule has 2 aliphatic rings. The second-order valence-corrected chi connectivity index (χ2v) is 7.54. The van der Waals surface area contributed by atoms with Gasteiger partial charge in [-0.15, -0.1) is 0 Å². The molecule has 6 nitrogen and oxygen atoms in total. The smallest absolute Gasteiger partial charge is 0.235 e. The molecule has 2 fully saturated rings. The molecule has 0 spiro atoms. The summed E-state index contributed by atoms with van der Waals surface area (Å²) in [5.74, 6) is 1.16. The normalized spacial score (nSPS) is 20.8. The molecule has 1 aromatic carbocycles. The van der Waals surface area contributed by atoms with Crippen molar-refractivity contribution in [3.8, 4) is 11.8 Å². The number of rotatable bonds is 7. The summed E-state index contributed by atoms with van der Waals surface area (Å²) in [5.41, 5.74) is 0.569. The Hall–Kier alpha value is -2.10. The van der Waals surface area contributed by atoms with E-state index < -0.39 is 5.54 Å². The molecule has 1 saturated heterocycles. The number of piperazine rings is 1. The lowest BCUT2D eigenvalue weighted by Crippen LogP contribution is -2.53. The van der Waals surface area contributed by atoms with Gasteiger partial charge in [0.1, 0.15) is 11.3 Å². The molecular formula is C20H28N4O2. The fourth-order valence-electron chi connectivity index (χ4n) is 3.51. The molecule has 1 N–H and O–H groups in total. The van der Waals surface area contributed by atoms with E-state index in [1.54, 1.807) is 7.11 Å². The number of ether oxygens (including phenoxy) is 1. The molecule has 1 amide bonds. The van der Waals surface area contributed by atoms with E-state index in [4.69, 9.17) is 4.74 Å². The fraction of sp³-hybridized carbons (Fsp3) is 0.600. The zero-order chi connectivity index (χ0) is 18.6. The summed E-state index contributed by atoms with van der Waals surface area (Å²) in [6.45, 7) is 6.76. The molecule has 3 rings (SSSR count). The van der Waals surface area contributed by atoms with Gasteiger partial charge in [0.25, 0.3) is 0 Å². The number of methoxy groups -OCH3 is 1. The zero-order valence-corrected chi connectivity index (χ0v) is 15.7. The lowest BCUT2D eigenvalue weighted by atomic mass is 9.98. The Labute approximate surface area is 155 Å². The molecule has 6 heteroatoms. The van der Waals surface area contributed by atoms with Crippen molar-refractivity contribution in [2.45, 2.75) is 31.8 Å². The third-order valence-electron chi connectivity index (χ3n) is 5.42. The summed E-state index contributed by atoms with van der Waals surface area (Å²) >= 11 is 0. The molecular weight excluding hydrogens is 328 g/mol. The number of benzene rings is 1. The van der Waals surface area contributed by atoms with Gasteiger partial charge >= 0.3 is 0 Å². The number of amides is 1. The van der Waals surface area contributed by atoms with Crippen molar-refractivity contribution >= 4 is 5.91 Å². The first-order valence-corrected chi connectivity index (χ1v) is 9.32. The molecule has 0 radical (unpaired) electrons. The maximum atomic E-state index is 12.3. The first-order chi connectivity index (χ1) is 12.5. The molecule has 26 heavy (non-hydrogen) atoms. The Bertz CT molecular complexity index is 657. The van der Waals surface area contributed by atoms with Gasteiger partial charge in [-0.05, 0) is 43.4 Å². The summed E-state index contributed by atoms with van der Waals surface area (Å²) < 4.78 is 5.19. The molecule has 0 unspecified atom stereocenters. The van der Waals surface area contributed by atoms with Crippen molar-refractivity contribution in [3.05, 3.63) is 29.8 Å². The predicted octanol–water partition coefficient (Wildman–Crippen LogP) is 1.62. The number of carbonyl (C=O) groups is 1. The highest BCUT2D eigenvalue weighted by Gasteiger charge is 2.43. The number of nitrogens with one attached hydrogen (secondary N) is 1. The van der Waals surface area contributed by atoms with Gasteiger partial charge in [0.05, 0.1) is 19.7 Å². The fourth-order valence-corrected chi connectivity index (χ4v) is 3.51. The SMILES string of the molecule is COc1ccc(CN2CCN(CC(=O)N[C@@](C)(C#N)C3CC3)CC2)cc1. The van der Waals surface area contributed by atoms with Crippen molar-refractivity contribution in [3.63, 3.8) is 0 Å². The average Bonchev–Trinajstić information content (AvgIpc) is 3.49. The summed E-state index contributed by atoms with van der Waals surface area (Å²) in [5, 5.41) is 12.3. The molecule has 1 saturated carbocycles. The van der Waals surface area contributed by atoms with Crippen LogP contribution in [0.15, 0.2) is 24.3 Å². The largest absolute Gasteiger partial charge is 0.497 e. The summed E-state index contributed by atoms with van der Waals surface area (Å²) in [6, 6.07) is 10.5. The van der Waals surface area contributed by atoms with Gasteiger partial charge in [-0.2, -0.15) is 5.26 Å². The third kappa shape index (κ3) is 4.75. The van der Waals surface area contributed by atoms with E-state index in [1.807, 2.05) is 19.1 Å². The minimum Gasteiger partial charge on any atom is -0.497 e. The lowest BCUT2D eigenvalue weighted by Gasteiger charge is -2.35. The first-order valence-electron chi connectivity index (χ1n) is 9.32. The van der Waals surface area contributed by atoms with Crippen molar-refractivity contribution in [1.29, 1.82) is 5.26 Å². The Morgan fingerprint density at radius 1 is 1.23 bits per heavy atom. The lowest BCUT2D eigenvalue weighted by molar-refractivity contribution is -0.124. The Balaban J connectivity index is 1.41. The van der Waals surface area contributed by atoms with Gasteiger partial charge in [-0.1, -0.05) is 12.1 Å². The highest BCUT2D eigenvalue weighted by Crippen LogP contribution is 2.39. The van der Waals surface area contributed by atoms with Gasteiger partial charge in [0.15, 0.2) is 0 Å². The van der Waals surface area contributed by atoms with E-state index in [0.717, 1.165) is 51.3 Å². The number of hydrogen-bond donors (Lipinski definition) is 1. The minimum absolute atomic E-state index is 0.0374. The zero-order valence-electron chi connectivity index (χ0n) is 15.7. The summed E-state index contributed by atoms with van der Waals surface area (Å²) in [7, 11) is 1.67. The highest BCUT2D eigenvalue weighted by molar-refractivity contribution is 5.79. The van der Waals surface area contributed by atoms with Crippen LogP contribution in [-0.4, -0.2) is 61.1 Å². The Morgan fingerprint density at radius 2 is 1.85 bits per heavy atom. The molecule has 1 heterocycles. The molecule has 0 bridgehead atoms. The first kappa shape index (κ1) is 18.7. The van der Waals surface area contributed by atoms with Crippen molar-refractivity contribution in [2.75, 3.05) is 39.8 Å². The number of carbonyl (C=O) groups excluding carboxylic acids is 1. The minimum atomic E-state index is -0.701. The van der Waals surface area contributed by atoms with E-state index in [0.29, 0.717) is 12.5 Å². The van der Waals surface area contributed by atoms with Crippen molar-refractivity contribution in [1.82, 2.24) is 15.1 Å².